The molecule has 2 aromatic heterocycles. The van der Waals surface area contributed by atoms with E-state index in [0.717, 1.165) is 19.2 Å². The lowest BCUT2D eigenvalue weighted by atomic mass is 9.86. The van der Waals surface area contributed by atoms with Gasteiger partial charge in [0.25, 0.3) is 0 Å². The maximum Gasteiger partial charge on any atom is 0.338 e. The van der Waals surface area contributed by atoms with Crippen molar-refractivity contribution in [3.8, 4) is 0 Å². The normalized spacial score (nSPS) is 19.0. The number of aliphatic hydroxyl groups excluding tert-OH is 1. The average Bonchev–Trinajstić information content (AvgIpc) is 4.12. The number of halogens is 4. The molecule has 402 valence electrons. The summed E-state index contributed by atoms with van der Waals surface area (Å²) in [5.41, 5.74) is 2.35. The lowest BCUT2D eigenvalue weighted by Gasteiger charge is -2.36. The number of sulfonamides is 2. The minimum absolute atomic E-state index is 0. The van der Waals surface area contributed by atoms with Gasteiger partial charge in [-0.15, -0.1) is 22.7 Å². The molecule has 6 heterocycles. The summed E-state index contributed by atoms with van der Waals surface area (Å²) in [7, 11) is -3.77. The topological polar surface area (TPSA) is 248 Å². The van der Waals surface area contributed by atoms with Crippen molar-refractivity contribution in [3.63, 3.8) is 0 Å². The van der Waals surface area contributed by atoms with Gasteiger partial charge in [-0.3, -0.25) is 14.8 Å². The van der Waals surface area contributed by atoms with E-state index < -0.39 is 74.0 Å². The van der Waals surface area contributed by atoms with Gasteiger partial charge in [0.05, 0.1) is 44.8 Å². The Balaban J connectivity index is 0.000000267. The standard InChI is InChI=1S/C23H24ClFN4O6S2.C22H24ClFN4O5S2.2CH4/c1-34-17(30)12-37(32,33)29-8-5-13(6-9-29)19-18(23(31)35-2)20(15-4-3-14(25)11-16(15)24)28-21(27-19)22-26-7-10-36-22;1-33-22(30)17-18(13-4-7-28(8-5-13)35(31,32)11-9-29)26-20(21-25-6-10-34-21)27-19(17)15-3-2-14(24)12-16(15)23;;/h3-4,7,10-11,13,20H,5-6,8-9,12H2,1-2H3,(H,27,28);2-3,6,10,12-13,19,29H,4-5,7-9,11H2,1H3,(H,26,27);2*1H4. The number of rotatable bonds is 14. The number of hydrogen-bond donors (Lipinski definition) is 3. The zero-order valence-corrected chi connectivity index (χ0v) is 43.5. The van der Waals surface area contributed by atoms with Crippen LogP contribution in [-0.4, -0.2) is 136 Å². The molecule has 19 nitrogen and oxygen atoms in total. The van der Waals surface area contributed by atoms with Gasteiger partial charge in [-0.25, -0.2) is 53.8 Å². The molecule has 0 radical (unpaired) electrons. The number of aromatic nitrogens is 2. The predicted octanol–water partition coefficient (Wildman–Crippen LogP) is 6.43. The minimum Gasteiger partial charge on any atom is -0.468 e. The zero-order chi connectivity index (χ0) is 51.9. The van der Waals surface area contributed by atoms with Crippen molar-refractivity contribution < 1.29 is 59.3 Å². The van der Waals surface area contributed by atoms with Gasteiger partial charge < -0.3 is 30.0 Å². The van der Waals surface area contributed by atoms with E-state index in [1.54, 1.807) is 23.2 Å². The van der Waals surface area contributed by atoms with Crippen LogP contribution in [0, 0.1) is 23.5 Å². The molecule has 4 aliphatic heterocycles. The summed E-state index contributed by atoms with van der Waals surface area (Å²) in [4.78, 5) is 55.7. The SMILES string of the molecule is C.C.COC(=O)C1=C(C2CCN(S(=O)(=O)CCO)CC2)NC(c2nccs2)=NC1c1ccc(F)cc1Cl.COC(=O)CS(=O)(=O)N1CCC(C2=C(C(=O)OC)C(c3ccc(F)cc3Cl)N=C(c3nccs3)N2)CC1. The third-order valence-electron chi connectivity index (χ3n) is 12.1. The van der Waals surface area contributed by atoms with E-state index in [4.69, 9.17) is 47.8 Å². The fourth-order valence-corrected chi connectivity index (χ4v) is 13.0. The number of thiazole rings is 2. The molecule has 2 atom stereocenters. The van der Waals surface area contributed by atoms with Crippen molar-refractivity contribution in [1.29, 1.82) is 0 Å². The van der Waals surface area contributed by atoms with Gasteiger partial charge in [0.2, 0.25) is 20.0 Å². The lowest BCUT2D eigenvalue weighted by molar-refractivity contribution is -0.138. The lowest BCUT2D eigenvalue weighted by Crippen LogP contribution is -2.44. The Morgan fingerprint density at radius 2 is 1.09 bits per heavy atom. The van der Waals surface area contributed by atoms with Crippen LogP contribution in [-0.2, 0) is 48.6 Å². The van der Waals surface area contributed by atoms with E-state index in [0.29, 0.717) is 69.9 Å². The minimum atomic E-state index is -3.85. The first-order valence-electron chi connectivity index (χ1n) is 22.1. The first-order chi connectivity index (χ1) is 34.4. The second-order valence-corrected chi connectivity index (χ2v) is 23.0. The van der Waals surface area contributed by atoms with Crippen molar-refractivity contribution in [2.24, 2.45) is 21.8 Å². The van der Waals surface area contributed by atoms with Gasteiger partial charge in [-0.2, -0.15) is 0 Å². The third kappa shape index (κ3) is 13.6. The van der Waals surface area contributed by atoms with Crippen molar-refractivity contribution in [3.05, 3.63) is 125 Å². The molecule has 2 aromatic carbocycles. The number of ether oxygens (including phenoxy) is 3. The van der Waals surface area contributed by atoms with Crippen LogP contribution in [0.3, 0.4) is 0 Å². The molecule has 3 N–H and O–H groups in total. The number of piperidine rings is 2. The van der Waals surface area contributed by atoms with E-state index in [-0.39, 0.29) is 79.8 Å². The smallest absolute Gasteiger partial charge is 0.338 e. The number of carbonyl (C=O) groups excluding carboxylic acids is 3. The molecule has 74 heavy (non-hydrogen) atoms. The van der Waals surface area contributed by atoms with Gasteiger partial charge in [-0.05, 0) is 49.9 Å². The number of aliphatic imine (C=N–C) groups is 2. The molecule has 2 unspecified atom stereocenters. The van der Waals surface area contributed by atoms with Gasteiger partial charge in [0, 0.05) is 93.7 Å². The van der Waals surface area contributed by atoms with E-state index in [1.807, 2.05) is 0 Å². The van der Waals surface area contributed by atoms with Crippen LogP contribution in [0.25, 0.3) is 0 Å². The molecule has 0 aliphatic carbocycles. The van der Waals surface area contributed by atoms with Crippen LogP contribution in [0.4, 0.5) is 8.78 Å². The summed E-state index contributed by atoms with van der Waals surface area (Å²) < 4.78 is 94.9. The van der Waals surface area contributed by atoms with E-state index in [9.17, 15) is 40.0 Å². The number of hydrogen-bond acceptors (Lipinski definition) is 19. The highest BCUT2D eigenvalue weighted by atomic mass is 35.5. The number of nitrogens with one attached hydrogen (secondary N) is 2. The second-order valence-electron chi connectivity index (χ2n) is 16.4. The predicted molar refractivity (Wildman–Crippen MR) is 279 cm³/mol. The molecular formula is C47H56Cl2F2N8O11S4. The monoisotopic (exact) mass is 1140 g/mol. The summed E-state index contributed by atoms with van der Waals surface area (Å²) in [6.07, 6.45) is 4.84. The number of esters is 3. The molecule has 4 aromatic rings. The Labute approximate surface area is 446 Å². The first kappa shape index (κ1) is 59.6. The number of nitrogens with zero attached hydrogens (tertiary/aromatic N) is 6. The molecule has 4 aliphatic rings. The maximum atomic E-state index is 13.8. The Hall–Kier alpha value is -5.25. The summed E-state index contributed by atoms with van der Waals surface area (Å²) in [5.74, 6) is -3.86. The molecule has 0 saturated carbocycles. The fraction of sp³-hybridized carbons (Fsp3) is 0.426. The number of amidine groups is 2. The van der Waals surface area contributed by atoms with E-state index in [2.05, 4.69) is 25.3 Å². The van der Waals surface area contributed by atoms with Crippen LogP contribution >= 0.6 is 45.9 Å². The van der Waals surface area contributed by atoms with Gasteiger partial charge in [-0.1, -0.05) is 50.2 Å². The third-order valence-corrected chi connectivity index (χ3v) is 17.9. The highest BCUT2D eigenvalue weighted by Gasteiger charge is 2.41. The van der Waals surface area contributed by atoms with Crippen molar-refractivity contribution >= 4 is 95.5 Å². The Morgan fingerprint density at radius 1 is 0.689 bits per heavy atom. The highest BCUT2D eigenvalue weighted by Crippen LogP contribution is 2.42. The van der Waals surface area contributed by atoms with Crippen molar-refractivity contribution in [2.45, 2.75) is 52.6 Å². The molecule has 2 fully saturated rings. The van der Waals surface area contributed by atoms with Crippen molar-refractivity contribution in [1.82, 2.24) is 29.2 Å². The summed E-state index contributed by atoms with van der Waals surface area (Å²) in [6.45, 7) is 0.288. The Morgan fingerprint density at radius 3 is 1.43 bits per heavy atom. The van der Waals surface area contributed by atoms with Crippen LogP contribution < -0.4 is 10.6 Å². The number of benzene rings is 2. The number of carbonyl (C=O) groups is 3. The van der Waals surface area contributed by atoms with Crippen LogP contribution in [0.15, 0.2) is 92.1 Å². The Bertz CT molecular complexity index is 3020. The fourth-order valence-electron chi connectivity index (χ4n) is 8.63. The summed E-state index contributed by atoms with van der Waals surface area (Å²) in [6, 6.07) is 5.98. The quantitative estimate of drug-likeness (QED) is 0.0910. The number of methoxy groups -OCH3 is 3. The maximum absolute atomic E-state index is 13.8. The van der Waals surface area contributed by atoms with Gasteiger partial charge >= 0.3 is 17.9 Å². The van der Waals surface area contributed by atoms with Crippen LogP contribution in [0.2, 0.25) is 10.0 Å². The highest BCUT2D eigenvalue weighted by molar-refractivity contribution is 7.89. The van der Waals surface area contributed by atoms with Crippen molar-refractivity contribution in [2.75, 3.05) is 65.6 Å². The van der Waals surface area contributed by atoms with Gasteiger partial charge in [0.15, 0.2) is 27.4 Å². The Kier molecular flexibility index (Phi) is 20.9. The van der Waals surface area contributed by atoms with Gasteiger partial charge in [0.1, 0.15) is 23.7 Å². The van der Waals surface area contributed by atoms with Crippen LogP contribution in [0.5, 0.6) is 0 Å². The largest absolute Gasteiger partial charge is 0.468 e. The molecule has 8 rings (SSSR count). The summed E-state index contributed by atoms with van der Waals surface area (Å²) >= 11 is 15.4. The molecule has 0 bridgehead atoms. The average molecular weight is 1150 g/mol. The second kappa shape index (κ2) is 26.0. The summed E-state index contributed by atoms with van der Waals surface area (Å²) in [5, 5.41) is 20.5. The number of allylic oxidation sites excluding steroid dienone is 2. The first-order valence-corrected chi connectivity index (χ1v) is 27.8. The zero-order valence-electron chi connectivity index (χ0n) is 38.7. The van der Waals surface area contributed by atoms with E-state index in [1.165, 1.54) is 69.8 Å². The van der Waals surface area contributed by atoms with E-state index >= 15 is 0 Å². The molecule has 2 saturated heterocycles. The molecule has 0 amide bonds. The number of aliphatic hydroxyl groups is 1. The molecule has 0 spiro atoms. The molecular weight excluding hydrogens is 1090 g/mol. The molecule has 27 heteroatoms. The van der Waals surface area contributed by atoms with Crippen LogP contribution in [0.1, 0.15) is 73.8 Å².